The second kappa shape index (κ2) is 9.99. The molecule has 3 N–H and O–H groups in total. The predicted molar refractivity (Wildman–Crippen MR) is 113 cm³/mol. The maximum Gasteiger partial charge on any atom is 0.412 e. The number of hydrogen-bond acceptors (Lipinski definition) is 7. The van der Waals surface area contributed by atoms with Crippen LogP contribution in [-0.2, 0) is 9.47 Å². The van der Waals surface area contributed by atoms with Crippen LogP contribution >= 0.6 is 22.6 Å². The van der Waals surface area contributed by atoms with E-state index in [2.05, 4.69) is 27.9 Å². The Kier molecular flexibility index (Phi) is 7.40. The molecule has 0 radical (unpaired) electrons. The molecule has 1 aliphatic heterocycles. The second-order valence-electron chi connectivity index (χ2n) is 6.23. The van der Waals surface area contributed by atoms with E-state index < -0.39 is 18.3 Å². The summed E-state index contributed by atoms with van der Waals surface area (Å²) in [6, 6.07) is 9.99. The van der Waals surface area contributed by atoms with Crippen LogP contribution in [0, 0.1) is 3.57 Å². The van der Waals surface area contributed by atoms with E-state index in [0.29, 0.717) is 29.4 Å². The number of amides is 1. The van der Waals surface area contributed by atoms with E-state index in [-0.39, 0.29) is 25.6 Å². The topological polar surface area (TPSA) is 106 Å². The molecule has 0 unspecified atom stereocenters. The van der Waals surface area contributed by atoms with E-state index in [1.165, 1.54) is 6.07 Å². The summed E-state index contributed by atoms with van der Waals surface area (Å²) in [5, 5.41) is 22.4. The zero-order valence-electron chi connectivity index (χ0n) is 15.8. The monoisotopic (exact) mass is 515 g/mol. The number of aromatic hydroxyl groups is 1. The van der Waals surface area contributed by atoms with Gasteiger partial charge in [0, 0.05) is 40.5 Å². The maximum absolute atomic E-state index is 12.6. The zero-order chi connectivity index (χ0) is 20.8. The van der Waals surface area contributed by atoms with Gasteiger partial charge in [0.15, 0.2) is 17.6 Å². The van der Waals surface area contributed by atoms with Crippen molar-refractivity contribution in [3.05, 3.63) is 45.5 Å². The number of carbonyl (C=O) groups is 1. The van der Waals surface area contributed by atoms with Crippen molar-refractivity contribution in [2.75, 3.05) is 25.3 Å². The van der Waals surface area contributed by atoms with E-state index in [0.717, 1.165) is 3.57 Å². The summed E-state index contributed by atoms with van der Waals surface area (Å²) in [5.41, 5.74) is 0.879. The van der Waals surface area contributed by atoms with Gasteiger partial charge in [-0.3, -0.25) is 5.32 Å². The molecule has 2 aromatic rings. The summed E-state index contributed by atoms with van der Waals surface area (Å²) in [6.07, 6.45) is -2.03. The average molecular weight is 515 g/mol. The molecule has 0 bridgehead atoms. The maximum atomic E-state index is 12.6. The van der Waals surface area contributed by atoms with Crippen LogP contribution in [0.4, 0.5) is 10.5 Å². The number of nitrogens with one attached hydrogen (secondary N) is 1. The van der Waals surface area contributed by atoms with Crippen LogP contribution < -0.4 is 14.8 Å². The molecule has 0 saturated heterocycles. The van der Waals surface area contributed by atoms with Crippen molar-refractivity contribution in [3.63, 3.8) is 0 Å². The van der Waals surface area contributed by atoms with Gasteiger partial charge in [-0.1, -0.05) is 0 Å². The number of aliphatic hydroxyl groups is 1. The minimum Gasteiger partial charge on any atom is -0.508 e. The molecule has 0 aromatic heterocycles. The molecule has 0 fully saturated rings. The predicted octanol–water partition coefficient (Wildman–Crippen LogP) is 3.80. The van der Waals surface area contributed by atoms with Crippen LogP contribution in [0.15, 0.2) is 36.4 Å². The quantitative estimate of drug-likeness (QED) is 0.460. The molecule has 9 heteroatoms. The number of fused-ring (bicyclic) bond motifs is 1. The number of ether oxygens (including phenoxy) is 4. The first-order valence-electron chi connectivity index (χ1n) is 9.10. The van der Waals surface area contributed by atoms with Crippen molar-refractivity contribution in [2.45, 2.75) is 25.6 Å². The molecule has 1 aliphatic rings. The van der Waals surface area contributed by atoms with Gasteiger partial charge in [-0.15, -0.1) is 0 Å². The number of carbonyl (C=O) groups excluding carboxylic acids is 1. The first kappa shape index (κ1) is 21.5. The summed E-state index contributed by atoms with van der Waals surface area (Å²) >= 11 is 2.11. The summed E-state index contributed by atoms with van der Waals surface area (Å²) in [5.74, 6) is 1.11. The van der Waals surface area contributed by atoms with Gasteiger partial charge in [-0.05, 0) is 59.8 Å². The Morgan fingerprint density at radius 1 is 1.24 bits per heavy atom. The van der Waals surface area contributed by atoms with Crippen LogP contribution in [0.25, 0.3) is 0 Å². The van der Waals surface area contributed by atoms with Crippen LogP contribution in [0.2, 0.25) is 0 Å². The Morgan fingerprint density at radius 2 is 2.03 bits per heavy atom. The molecule has 1 heterocycles. The van der Waals surface area contributed by atoms with Gasteiger partial charge in [0.1, 0.15) is 11.9 Å². The number of halogens is 1. The van der Waals surface area contributed by atoms with Crippen molar-refractivity contribution in [2.24, 2.45) is 0 Å². The molecule has 8 nitrogen and oxygen atoms in total. The Labute approximate surface area is 181 Å². The molecule has 0 aliphatic carbocycles. The molecule has 2 aromatic carbocycles. The highest BCUT2D eigenvalue weighted by Crippen LogP contribution is 2.36. The molecule has 2 atom stereocenters. The van der Waals surface area contributed by atoms with E-state index in [9.17, 15) is 15.0 Å². The fourth-order valence-corrected chi connectivity index (χ4v) is 3.51. The van der Waals surface area contributed by atoms with Crippen molar-refractivity contribution in [1.82, 2.24) is 0 Å². The highest BCUT2D eigenvalue weighted by molar-refractivity contribution is 14.1. The first-order valence-corrected chi connectivity index (χ1v) is 10.2. The van der Waals surface area contributed by atoms with Gasteiger partial charge in [-0.2, -0.15) is 0 Å². The number of rotatable bonds is 8. The summed E-state index contributed by atoms with van der Waals surface area (Å²) in [6.45, 7) is 2.15. The zero-order valence-corrected chi connectivity index (χ0v) is 17.9. The van der Waals surface area contributed by atoms with Crippen molar-refractivity contribution < 1.29 is 34.0 Å². The fourth-order valence-electron chi connectivity index (χ4n) is 2.99. The third-order valence-electron chi connectivity index (χ3n) is 4.28. The van der Waals surface area contributed by atoms with Crippen molar-refractivity contribution in [1.29, 1.82) is 0 Å². The number of anilines is 1. The molecule has 1 amide bonds. The molecule has 0 saturated carbocycles. The van der Waals surface area contributed by atoms with E-state index in [1.807, 2.05) is 6.92 Å². The van der Waals surface area contributed by atoms with E-state index >= 15 is 0 Å². The normalized spacial score (nSPS) is 14.3. The van der Waals surface area contributed by atoms with Gasteiger partial charge in [0.05, 0.1) is 0 Å². The minimum atomic E-state index is -0.911. The lowest BCUT2D eigenvalue weighted by atomic mass is 10.0. The fraction of sp³-hybridized carbons (Fsp3) is 0.350. The van der Waals surface area contributed by atoms with Gasteiger partial charge in [0.2, 0.25) is 6.79 Å². The Hall–Kier alpha value is -2.24. The van der Waals surface area contributed by atoms with Gasteiger partial charge < -0.3 is 29.2 Å². The average Bonchev–Trinajstić information content (AvgIpc) is 3.16. The third-order valence-corrected chi connectivity index (χ3v) is 4.95. The van der Waals surface area contributed by atoms with Crippen LogP contribution in [0.1, 0.15) is 25.0 Å². The Bertz CT molecular complexity index is 855. The number of benzene rings is 2. The van der Waals surface area contributed by atoms with Crippen LogP contribution in [0.3, 0.4) is 0 Å². The SMILES string of the molecule is CCO[C@H](CCO)[C@H](OC(=O)Nc1ccc2c(c1)OCO2)c1cc(I)ccc1O. The van der Waals surface area contributed by atoms with Gasteiger partial charge in [-0.25, -0.2) is 4.79 Å². The lowest BCUT2D eigenvalue weighted by Crippen LogP contribution is -2.30. The third kappa shape index (κ3) is 5.43. The molecule has 29 heavy (non-hydrogen) atoms. The summed E-state index contributed by atoms with van der Waals surface area (Å²) < 4.78 is 22.8. The lowest BCUT2D eigenvalue weighted by molar-refractivity contribution is -0.0491. The lowest BCUT2D eigenvalue weighted by Gasteiger charge is -2.27. The highest BCUT2D eigenvalue weighted by atomic mass is 127. The first-order chi connectivity index (χ1) is 14.0. The molecular formula is C20H22INO7. The largest absolute Gasteiger partial charge is 0.508 e. The van der Waals surface area contributed by atoms with Crippen LogP contribution in [-0.4, -0.2) is 42.4 Å². The van der Waals surface area contributed by atoms with Crippen LogP contribution in [0.5, 0.6) is 17.2 Å². The van der Waals surface area contributed by atoms with E-state index in [4.69, 9.17) is 18.9 Å². The number of phenols is 1. The van der Waals surface area contributed by atoms with Gasteiger partial charge in [0.25, 0.3) is 0 Å². The number of phenolic OH excluding ortho intramolecular Hbond substituents is 1. The molecule has 3 rings (SSSR count). The Morgan fingerprint density at radius 3 is 2.79 bits per heavy atom. The van der Waals surface area contributed by atoms with Crippen molar-refractivity contribution in [3.8, 4) is 17.2 Å². The Balaban J connectivity index is 1.81. The van der Waals surface area contributed by atoms with Gasteiger partial charge >= 0.3 is 6.09 Å². The van der Waals surface area contributed by atoms with Crippen molar-refractivity contribution >= 4 is 34.4 Å². The molecule has 156 valence electrons. The number of aliphatic hydroxyl groups excluding tert-OH is 1. The summed E-state index contributed by atoms with van der Waals surface area (Å²) in [4.78, 5) is 12.6. The van der Waals surface area contributed by atoms with E-state index in [1.54, 1.807) is 30.3 Å². The molecular weight excluding hydrogens is 493 g/mol. The molecule has 0 spiro atoms. The summed E-state index contributed by atoms with van der Waals surface area (Å²) in [7, 11) is 0. The standard InChI is InChI=1S/C20H22INO7/c1-2-26-17(7-8-23)19(14-9-12(21)3-5-15(14)24)29-20(25)22-13-4-6-16-18(10-13)28-11-27-16/h3-6,9-10,17,19,23-24H,2,7-8,11H2,1H3,(H,22,25)/t17-,19-/m1/s1. The highest BCUT2D eigenvalue weighted by Gasteiger charge is 2.30. The smallest absolute Gasteiger partial charge is 0.412 e. The second-order valence-corrected chi connectivity index (χ2v) is 7.47. The number of hydrogen-bond donors (Lipinski definition) is 3. The minimum absolute atomic E-state index is 0.0195.